The number of rotatable bonds is 13. The highest BCUT2D eigenvalue weighted by Crippen LogP contribution is 2.35. The Labute approximate surface area is 203 Å². The zero-order valence-electron chi connectivity index (χ0n) is 19.1. The molecule has 1 aromatic carbocycles. The number of benzene rings is 1. The zero-order valence-corrected chi connectivity index (χ0v) is 20.7. The number of aromatic nitrogens is 2. The van der Waals surface area contributed by atoms with Crippen LogP contribution in [0.2, 0.25) is 0 Å². The number of nitrogens with one attached hydrogen (secondary N) is 1. The van der Waals surface area contributed by atoms with Gasteiger partial charge in [-0.15, -0.1) is 10.2 Å². The third kappa shape index (κ3) is 7.05. The van der Waals surface area contributed by atoms with Crippen molar-refractivity contribution in [3.63, 3.8) is 0 Å². The smallest absolute Gasteiger partial charge is 0.304 e. The van der Waals surface area contributed by atoms with E-state index in [2.05, 4.69) is 15.5 Å². The minimum absolute atomic E-state index is 0.0434. The molecule has 1 atom stereocenters. The molecule has 0 aliphatic heterocycles. The lowest BCUT2D eigenvalue weighted by Gasteiger charge is -2.22. The van der Waals surface area contributed by atoms with E-state index >= 15 is 0 Å². The van der Waals surface area contributed by atoms with E-state index in [1.807, 2.05) is 0 Å². The number of carboxylic acid groups (broad SMARTS) is 1. The summed E-state index contributed by atoms with van der Waals surface area (Å²) in [5.74, 6) is -1.28. The molecule has 1 unspecified atom stereocenters. The van der Waals surface area contributed by atoms with Crippen LogP contribution in [-0.2, 0) is 24.3 Å². The molecule has 1 saturated carbocycles. The van der Waals surface area contributed by atoms with E-state index in [1.54, 1.807) is 17.6 Å². The summed E-state index contributed by atoms with van der Waals surface area (Å²) in [6, 6.07) is 6.28. The fourth-order valence-electron chi connectivity index (χ4n) is 4.18. The lowest BCUT2D eigenvalue weighted by atomic mass is 9.87. The van der Waals surface area contributed by atoms with E-state index < -0.39 is 21.9 Å². The van der Waals surface area contributed by atoms with E-state index in [9.17, 15) is 18.0 Å². The van der Waals surface area contributed by atoms with Gasteiger partial charge in [-0.3, -0.25) is 14.9 Å². The van der Waals surface area contributed by atoms with E-state index in [4.69, 9.17) is 9.84 Å². The van der Waals surface area contributed by atoms with Crippen LogP contribution < -0.4 is 5.32 Å². The number of methoxy groups -OCH3 is 1. The van der Waals surface area contributed by atoms with Gasteiger partial charge in [0.15, 0.2) is 0 Å². The summed E-state index contributed by atoms with van der Waals surface area (Å²) in [6.07, 6.45) is 4.83. The molecule has 186 valence electrons. The van der Waals surface area contributed by atoms with Crippen molar-refractivity contribution in [2.45, 2.75) is 49.3 Å². The van der Waals surface area contributed by atoms with Gasteiger partial charge in [-0.25, -0.2) is 8.42 Å². The SMILES string of the molecule is COCCN(CCC(=O)O)S(=O)(=O)c1ccc(C(CC2CCCC2)C(=O)Nc2nncs2)cc1. The first kappa shape index (κ1) is 26.2. The van der Waals surface area contributed by atoms with Crippen molar-refractivity contribution >= 4 is 38.4 Å². The average molecular weight is 511 g/mol. The van der Waals surface area contributed by atoms with Gasteiger partial charge in [-0.05, 0) is 30.0 Å². The van der Waals surface area contributed by atoms with Gasteiger partial charge in [0, 0.05) is 20.2 Å². The Kier molecular flexibility index (Phi) is 9.51. The molecule has 1 amide bonds. The van der Waals surface area contributed by atoms with Gasteiger partial charge >= 0.3 is 5.97 Å². The normalized spacial score (nSPS) is 15.5. The number of hydrogen-bond donors (Lipinski definition) is 2. The molecule has 12 heteroatoms. The molecule has 2 aromatic rings. The molecule has 1 aliphatic rings. The minimum Gasteiger partial charge on any atom is -0.481 e. The van der Waals surface area contributed by atoms with Crippen LogP contribution in [-0.4, -0.2) is 66.7 Å². The van der Waals surface area contributed by atoms with Crippen LogP contribution in [0, 0.1) is 5.92 Å². The summed E-state index contributed by atoms with van der Waals surface area (Å²) in [6.45, 7) is 0.0337. The van der Waals surface area contributed by atoms with E-state index in [1.165, 1.54) is 30.6 Å². The van der Waals surface area contributed by atoms with Crippen LogP contribution in [0.4, 0.5) is 5.13 Å². The maximum Gasteiger partial charge on any atom is 0.304 e. The lowest BCUT2D eigenvalue weighted by Crippen LogP contribution is -2.35. The number of carboxylic acids is 1. The summed E-state index contributed by atoms with van der Waals surface area (Å²) in [5.41, 5.74) is 2.27. The monoisotopic (exact) mass is 510 g/mol. The quantitative estimate of drug-likeness (QED) is 0.419. The minimum atomic E-state index is -3.92. The number of sulfonamides is 1. The number of nitrogens with zero attached hydrogens (tertiary/aromatic N) is 3. The first-order chi connectivity index (χ1) is 16.3. The van der Waals surface area contributed by atoms with Crippen molar-refractivity contribution in [2.24, 2.45) is 5.92 Å². The number of anilines is 1. The summed E-state index contributed by atoms with van der Waals surface area (Å²) >= 11 is 1.24. The van der Waals surface area contributed by atoms with E-state index in [-0.39, 0.29) is 36.9 Å². The molecule has 1 heterocycles. The van der Waals surface area contributed by atoms with E-state index in [0.29, 0.717) is 17.5 Å². The number of carbonyl (C=O) groups excluding carboxylic acids is 1. The number of hydrogen-bond acceptors (Lipinski definition) is 8. The lowest BCUT2D eigenvalue weighted by molar-refractivity contribution is -0.137. The second-order valence-electron chi connectivity index (χ2n) is 8.28. The molecule has 10 nitrogen and oxygen atoms in total. The Balaban J connectivity index is 1.81. The van der Waals surface area contributed by atoms with Gasteiger partial charge in [-0.1, -0.05) is 49.2 Å². The predicted molar refractivity (Wildman–Crippen MR) is 127 cm³/mol. The Morgan fingerprint density at radius 3 is 2.53 bits per heavy atom. The van der Waals surface area contributed by atoms with Gasteiger partial charge in [0.25, 0.3) is 0 Å². The molecule has 0 saturated heterocycles. The van der Waals surface area contributed by atoms with Crippen molar-refractivity contribution < 1.29 is 27.9 Å². The molecule has 0 spiro atoms. The van der Waals surface area contributed by atoms with E-state index in [0.717, 1.165) is 35.6 Å². The van der Waals surface area contributed by atoms with Gasteiger partial charge in [0.2, 0.25) is 21.1 Å². The molecule has 3 rings (SSSR count). The van der Waals surface area contributed by atoms with Crippen molar-refractivity contribution in [1.82, 2.24) is 14.5 Å². The molecular weight excluding hydrogens is 480 g/mol. The van der Waals surface area contributed by atoms with Gasteiger partial charge < -0.3 is 9.84 Å². The van der Waals surface area contributed by atoms with Crippen LogP contribution >= 0.6 is 11.3 Å². The molecule has 2 N–H and O–H groups in total. The van der Waals surface area contributed by atoms with Gasteiger partial charge in [-0.2, -0.15) is 4.31 Å². The van der Waals surface area contributed by atoms with Crippen molar-refractivity contribution in [3.05, 3.63) is 35.3 Å². The molecule has 34 heavy (non-hydrogen) atoms. The standard InChI is InChI=1S/C22H30N4O6S2/c1-32-13-12-26(11-10-20(27)28)34(30,31)18-8-6-17(7-9-18)19(14-16-4-2-3-5-16)21(29)24-22-25-23-15-33-22/h6-9,15-16,19H,2-5,10-14H2,1H3,(H,27,28)(H,24,25,29). The fraction of sp³-hybridized carbons (Fsp3) is 0.545. The molecule has 0 bridgehead atoms. The van der Waals surface area contributed by atoms with Gasteiger partial charge in [0.05, 0.1) is 23.8 Å². The molecular formula is C22H30N4O6S2. The largest absolute Gasteiger partial charge is 0.481 e. The van der Waals surface area contributed by atoms with Crippen LogP contribution in [0.15, 0.2) is 34.7 Å². The number of amides is 1. The van der Waals surface area contributed by atoms with Crippen LogP contribution in [0.25, 0.3) is 0 Å². The Hall–Kier alpha value is -2.41. The molecule has 1 aliphatic carbocycles. The number of carbonyl (C=O) groups is 2. The average Bonchev–Trinajstić information content (AvgIpc) is 3.51. The third-order valence-electron chi connectivity index (χ3n) is 5.99. The Morgan fingerprint density at radius 2 is 1.94 bits per heavy atom. The highest BCUT2D eigenvalue weighted by Gasteiger charge is 2.29. The summed E-state index contributed by atoms with van der Waals surface area (Å²) in [7, 11) is -2.47. The molecule has 0 radical (unpaired) electrons. The summed E-state index contributed by atoms with van der Waals surface area (Å²) in [5, 5.41) is 19.9. The zero-order chi connectivity index (χ0) is 24.6. The molecule has 1 aromatic heterocycles. The summed E-state index contributed by atoms with van der Waals surface area (Å²) < 4.78 is 32.4. The predicted octanol–water partition coefficient (Wildman–Crippen LogP) is 2.95. The maximum absolute atomic E-state index is 13.1. The number of ether oxygens (including phenoxy) is 1. The topological polar surface area (TPSA) is 139 Å². The highest BCUT2D eigenvalue weighted by atomic mass is 32.2. The Morgan fingerprint density at radius 1 is 1.24 bits per heavy atom. The van der Waals surface area contributed by atoms with Crippen LogP contribution in [0.1, 0.15) is 50.0 Å². The second kappa shape index (κ2) is 12.3. The van der Waals surface area contributed by atoms with Crippen LogP contribution in [0.3, 0.4) is 0 Å². The first-order valence-electron chi connectivity index (χ1n) is 11.2. The fourth-order valence-corrected chi connectivity index (χ4v) is 6.05. The van der Waals surface area contributed by atoms with Gasteiger partial charge in [0.1, 0.15) is 5.51 Å². The van der Waals surface area contributed by atoms with Crippen molar-refractivity contribution in [1.29, 1.82) is 0 Å². The maximum atomic E-state index is 13.1. The second-order valence-corrected chi connectivity index (χ2v) is 11.1. The number of aliphatic carboxylic acids is 1. The van der Waals surface area contributed by atoms with Crippen molar-refractivity contribution in [3.8, 4) is 0 Å². The highest BCUT2D eigenvalue weighted by molar-refractivity contribution is 7.89. The first-order valence-corrected chi connectivity index (χ1v) is 13.5. The summed E-state index contributed by atoms with van der Waals surface area (Å²) in [4.78, 5) is 24.1. The molecule has 1 fully saturated rings. The Bertz CT molecular complexity index is 1040. The van der Waals surface area contributed by atoms with Crippen molar-refractivity contribution in [2.75, 3.05) is 32.1 Å². The van der Waals surface area contributed by atoms with Crippen LogP contribution in [0.5, 0.6) is 0 Å². The third-order valence-corrected chi connectivity index (χ3v) is 8.51.